The molecule has 1 saturated heterocycles. The molecule has 16 heavy (non-hydrogen) atoms. The molecule has 2 heteroatoms. The van der Waals surface area contributed by atoms with Crippen LogP contribution in [-0.4, -0.2) is 25.0 Å². The Balaban J connectivity index is 1.98. The van der Waals surface area contributed by atoms with Crippen molar-refractivity contribution in [3.05, 3.63) is 34.3 Å². The number of benzene rings is 1. The van der Waals surface area contributed by atoms with Gasteiger partial charge in [0.05, 0.1) is 0 Å². The van der Waals surface area contributed by atoms with Crippen LogP contribution in [0.2, 0.25) is 5.02 Å². The van der Waals surface area contributed by atoms with Gasteiger partial charge in [-0.3, -0.25) is 0 Å². The summed E-state index contributed by atoms with van der Waals surface area (Å²) < 4.78 is 0. The van der Waals surface area contributed by atoms with Crippen molar-refractivity contribution in [1.29, 1.82) is 0 Å². The van der Waals surface area contributed by atoms with Crippen molar-refractivity contribution in [2.45, 2.75) is 31.1 Å². The van der Waals surface area contributed by atoms with Gasteiger partial charge in [-0.15, -0.1) is 0 Å². The summed E-state index contributed by atoms with van der Waals surface area (Å²) in [5.41, 5.74) is 3.54. The molecule has 0 unspecified atom stereocenters. The lowest BCUT2D eigenvalue weighted by molar-refractivity contribution is 0.187. The summed E-state index contributed by atoms with van der Waals surface area (Å²) in [6.07, 6.45) is 5.18. The van der Waals surface area contributed by atoms with E-state index in [0.29, 0.717) is 5.41 Å². The van der Waals surface area contributed by atoms with E-state index >= 15 is 0 Å². The first-order valence-corrected chi connectivity index (χ1v) is 6.55. The summed E-state index contributed by atoms with van der Waals surface area (Å²) in [6.45, 7) is 2.46. The number of hydrogen-bond donors (Lipinski definition) is 0. The van der Waals surface area contributed by atoms with Crippen LogP contribution in [0.4, 0.5) is 0 Å². The summed E-state index contributed by atoms with van der Waals surface area (Å²) in [4.78, 5) is 2.44. The molecule has 1 aliphatic carbocycles. The highest BCUT2D eigenvalue weighted by molar-refractivity contribution is 6.30. The molecule has 0 radical (unpaired) electrons. The maximum atomic E-state index is 6.14. The van der Waals surface area contributed by atoms with Crippen LogP contribution >= 0.6 is 11.6 Å². The average Bonchev–Trinajstić information content (AvgIpc) is 2.62. The zero-order valence-corrected chi connectivity index (χ0v) is 10.6. The number of nitrogens with zero attached hydrogens (tertiary/aromatic N) is 1. The predicted octanol–water partition coefficient (Wildman–Crippen LogP) is 3.25. The molecule has 1 aromatic carbocycles. The third kappa shape index (κ3) is 1.57. The molecular weight excluding hydrogens is 218 g/mol. The Morgan fingerprint density at radius 3 is 2.69 bits per heavy atom. The second-order valence-corrected chi connectivity index (χ2v) is 5.82. The minimum Gasteiger partial charge on any atom is -0.306 e. The Morgan fingerprint density at radius 2 is 1.94 bits per heavy atom. The van der Waals surface area contributed by atoms with Gasteiger partial charge in [0.2, 0.25) is 0 Å². The molecule has 1 nitrogen and oxygen atoms in total. The molecule has 86 valence electrons. The lowest BCUT2D eigenvalue weighted by atomic mass is 9.74. The van der Waals surface area contributed by atoms with E-state index in [-0.39, 0.29) is 0 Å². The molecule has 0 saturated carbocycles. The van der Waals surface area contributed by atoms with Crippen LogP contribution in [0.15, 0.2) is 18.2 Å². The van der Waals surface area contributed by atoms with Crippen molar-refractivity contribution in [2.75, 3.05) is 20.1 Å². The van der Waals surface area contributed by atoms with Crippen LogP contribution in [0.5, 0.6) is 0 Å². The number of aryl methyl sites for hydroxylation is 1. The maximum absolute atomic E-state index is 6.14. The van der Waals surface area contributed by atoms with Crippen molar-refractivity contribution in [2.24, 2.45) is 0 Å². The molecule has 3 rings (SSSR count). The molecule has 1 spiro atoms. The van der Waals surface area contributed by atoms with E-state index in [9.17, 15) is 0 Å². The minimum atomic E-state index is 0.451. The number of rotatable bonds is 0. The SMILES string of the molecule is CN1CCC2(CCc3ccc(Cl)cc32)CC1. The van der Waals surface area contributed by atoms with Gasteiger partial charge in [-0.2, -0.15) is 0 Å². The van der Waals surface area contributed by atoms with Crippen LogP contribution in [0, 0.1) is 0 Å². The fraction of sp³-hybridized carbons (Fsp3) is 0.571. The summed E-state index contributed by atoms with van der Waals surface area (Å²) in [6, 6.07) is 6.48. The molecule has 0 N–H and O–H groups in total. The lowest BCUT2D eigenvalue weighted by Gasteiger charge is -2.38. The largest absolute Gasteiger partial charge is 0.306 e. The second-order valence-electron chi connectivity index (χ2n) is 5.39. The van der Waals surface area contributed by atoms with E-state index in [2.05, 4.69) is 24.1 Å². The lowest BCUT2D eigenvalue weighted by Crippen LogP contribution is -2.39. The quantitative estimate of drug-likeness (QED) is 0.667. The Morgan fingerprint density at radius 1 is 1.19 bits per heavy atom. The van der Waals surface area contributed by atoms with Crippen LogP contribution < -0.4 is 0 Å². The molecule has 1 heterocycles. The monoisotopic (exact) mass is 235 g/mol. The molecule has 0 atom stereocenters. The van der Waals surface area contributed by atoms with Crippen molar-refractivity contribution in [3.8, 4) is 0 Å². The van der Waals surface area contributed by atoms with Gasteiger partial charge in [0, 0.05) is 5.02 Å². The second kappa shape index (κ2) is 3.75. The number of piperidine rings is 1. The van der Waals surface area contributed by atoms with Crippen LogP contribution in [0.25, 0.3) is 0 Å². The highest BCUT2D eigenvalue weighted by atomic mass is 35.5. The first-order chi connectivity index (χ1) is 7.70. The minimum absolute atomic E-state index is 0.451. The first kappa shape index (κ1) is 10.6. The fourth-order valence-corrected chi connectivity index (χ4v) is 3.51. The molecule has 0 bridgehead atoms. The topological polar surface area (TPSA) is 3.24 Å². The molecule has 1 aromatic rings. The standard InChI is InChI=1S/C14H18ClN/c1-16-8-6-14(7-9-16)5-4-11-2-3-12(15)10-13(11)14/h2-3,10H,4-9H2,1H3. The van der Waals surface area contributed by atoms with Crippen LogP contribution in [0.1, 0.15) is 30.4 Å². The van der Waals surface area contributed by atoms with Crippen molar-refractivity contribution in [3.63, 3.8) is 0 Å². The van der Waals surface area contributed by atoms with Gasteiger partial charge in [0.1, 0.15) is 0 Å². The van der Waals surface area contributed by atoms with Crippen molar-refractivity contribution in [1.82, 2.24) is 4.90 Å². The Bertz CT molecular complexity index is 405. The van der Waals surface area contributed by atoms with Gasteiger partial charge < -0.3 is 4.90 Å². The zero-order chi connectivity index (χ0) is 11.2. The zero-order valence-electron chi connectivity index (χ0n) is 9.80. The van der Waals surface area contributed by atoms with Gasteiger partial charge in [-0.1, -0.05) is 17.7 Å². The van der Waals surface area contributed by atoms with Gasteiger partial charge >= 0.3 is 0 Å². The smallest absolute Gasteiger partial charge is 0.0409 e. The Labute approximate surface area is 102 Å². The summed E-state index contributed by atoms with van der Waals surface area (Å²) in [5, 5.41) is 0.902. The Kier molecular flexibility index (Phi) is 2.49. The Hall–Kier alpha value is -0.530. The third-order valence-corrected chi connectivity index (χ3v) is 4.70. The summed E-state index contributed by atoms with van der Waals surface area (Å²) in [7, 11) is 2.22. The molecule has 0 amide bonds. The fourth-order valence-electron chi connectivity index (χ4n) is 3.33. The van der Waals surface area contributed by atoms with Gasteiger partial charge in [0.25, 0.3) is 0 Å². The van der Waals surface area contributed by atoms with Gasteiger partial charge in [-0.05, 0) is 74.5 Å². The number of likely N-dealkylation sites (tertiary alicyclic amines) is 1. The highest BCUT2D eigenvalue weighted by Crippen LogP contribution is 2.46. The van der Waals surface area contributed by atoms with E-state index in [1.165, 1.54) is 44.3 Å². The van der Waals surface area contributed by atoms with E-state index < -0.39 is 0 Å². The maximum Gasteiger partial charge on any atom is 0.0409 e. The molecular formula is C14H18ClN. The first-order valence-electron chi connectivity index (χ1n) is 6.17. The highest BCUT2D eigenvalue weighted by Gasteiger charge is 2.40. The van der Waals surface area contributed by atoms with Crippen LogP contribution in [-0.2, 0) is 11.8 Å². The molecule has 1 fully saturated rings. The van der Waals surface area contributed by atoms with Crippen molar-refractivity contribution < 1.29 is 0 Å². The van der Waals surface area contributed by atoms with E-state index in [1.807, 2.05) is 6.07 Å². The van der Waals surface area contributed by atoms with E-state index in [0.717, 1.165) is 5.02 Å². The van der Waals surface area contributed by atoms with Crippen molar-refractivity contribution >= 4 is 11.6 Å². The molecule has 2 aliphatic rings. The van der Waals surface area contributed by atoms with E-state index in [4.69, 9.17) is 11.6 Å². The molecule has 0 aromatic heterocycles. The number of halogens is 1. The normalized spacial score (nSPS) is 23.6. The van der Waals surface area contributed by atoms with Gasteiger partial charge in [0.15, 0.2) is 0 Å². The van der Waals surface area contributed by atoms with Gasteiger partial charge in [-0.25, -0.2) is 0 Å². The summed E-state index contributed by atoms with van der Waals surface area (Å²) in [5.74, 6) is 0. The average molecular weight is 236 g/mol. The predicted molar refractivity (Wildman–Crippen MR) is 68.2 cm³/mol. The van der Waals surface area contributed by atoms with Crippen LogP contribution in [0.3, 0.4) is 0 Å². The number of fused-ring (bicyclic) bond motifs is 2. The molecule has 1 aliphatic heterocycles. The number of hydrogen-bond acceptors (Lipinski definition) is 1. The van der Waals surface area contributed by atoms with E-state index in [1.54, 1.807) is 5.56 Å². The summed E-state index contributed by atoms with van der Waals surface area (Å²) >= 11 is 6.14. The third-order valence-electron chi connectivity index (χ3n) is 4.46.